The second-order valence-corrected chi connectivity index (χ2v) is 19.8. The van der Waals surface area contributed by atoms with E-state index in [1.54, 1.807) is 42.6 Å². The molecule has 0 unspecified atom stereocenters. The van der Waals surface area contributed by atoms with Crippen LogP contribution in [0.3, 0.4) is 0 Å². The average molecular weight is 745 g/mol. The normalized spacial score (nSPS) is 15.6. The number of rotatable bonds is 8. The highest BCUT2D eigenvalue weighted by atomic mass is 28.4. The molecule has 0 aliphatic carbocycles. The lowest BCUT2D eigenvalue weighted by Crippen LogP contribution is -2.43. The topological polar surface area (TPSA) is 120 Å². The van der Waals surface area contributed by atoms with Gasteiger partial charge in [0.2, 0.25) is 11.8 Å². The van der Waals surface area contributed by atoms with Crippen molar-refractivity contribution < 1.29 is 27.9 Å². The van der Waals surface area contributed by atoms with Crippen LogP contribution in [0.2, 0.25) is 18.1 Å². The number of pyridine rings is 2. The Bertz CT molecular complexity index is 1790. The molecule has 53 heavy (non-hydrogen) atoms. The lowest BCUT2D eigenvalue weighted by Gasteiger charge is -2.36. The third-order valence-corrected chi connectivity index (χ3v) is 14.6. The van der Waals surface area contributed by atoms with E-state index in [4.69, 9.17) is 4.43 Å². The molecule has 2 aliphatic rings. The van der Waals surface area contributed by atoms with Gasteiger partial charge in [0.1, 0.15) is 34.8 Å². The number of aromatic nitrogens is 2. The summed E-state index contributed by atoms with van der Waals surface area (Å²) in [6, 6.07) is 19.7. The number of anilines is 4. The van der Waals surface area contributed by atoms with Crippen LogP contribution < -0.4 is 24.9 Å². The minimum absolute atomic E-state index is 0.000629. The average Bonchev–Trinajstić information content (AvgIpc) is 3.14. The van der Waals surface area contributed by atoms with Crippen molar-refractivity contribution >= 4 is 43.1 Å². The summed E-state index contributed by atoms with van der Waals surface area (Å²) in [4.78, 5) is 37.6. The third-order valence-electron chi connectivity index (χ3n) is 10.3. The maximum Gasteiger partial charge on any atom is 0.250 e. The van der Waals surface area contributed by atoms with Gasteiger partial charge in [-0.15, -0.1) is 0 Å². The summed E-state index contributed by atoms with van der Waals surface area (Å²) in [5.41, 5.74) is 1.97. The first-order valence-corrected chi connectivity index (χ1v) is 21.0. The van der Waals surface area contributed by atoms with Gasteiger partial charge in [0.05, 0.1) is 12.4 Å². The molecule has 2 saturated heterocycles. The summed E-state index contributed by atoms with van der Waals surface area (Å²) >= 11 is 0. The zero-order valence-corrected chi connectivity index (χ0v) is 32.1. The molecule has 10 nitrogen and oxygen atoms in total. The van der Waals surface area contributed by atoms with Crippen molar-refractivity contribution in [2.75, 3.05) is 46.6 Å². The van der Waals surface area contributed by atoms with Crippen LogP contribution in [-0.2, 0) is 9.59 Å². The van der Waals surface area contributed by atoms with Crippen LogP contribution in [-0.4, -0.2) is 61.4 Å². The van der Waals surface area contributed by atoms with E-state index in [0.29, 0.717) is 11.6 Å². The fraction of sp³-hybridized carbons (Fsp3) is 0.400. The second-order valence-electron chi connectivity index (χ2n) is 15.1. The van der Waals surface area contributed by atoms with Crippen molar-refractivity contribution in [3.63, 3.8) is 0 Å². The molecule has 0 radical (unpaired) electrons. The van der Waals surface area contributed by atoms with Gasteiger partial charge in [0, 0.05) is 49.4 Å². The molecule has 2 fully saturated rings. The Morgan fingerprint density at radius 2 is 1.11 bits per heavy atom. The lowest BCUT2D eigenvalue weighted by atomic mass is 9.95. The van der Waals surface area contributed by atoms with Crippen LogP contribution >= 0.6 is 0 Å². The van der Waals surface area contributed by atoms with Crippen molar-refractivity contribution in [1.82, 2.24) is 9.97 Å². The summed E-state index contributed by atoms with van der Waals surface area (Å²) in [6.07, 6.45) is 5.98. The molecule has 0 spiro atoms. The van der Waals surface area contributed by atoms with Crippen molar-refractivity contribution in [3.05, 3.63) is 96.8 Å². The Morgan fingerprint density at radius 3 is 1.47 bits per heavy atom. The van der Waals surface area contributed by atoms with Gasteiger partial charge in [0.25, 0.3) is 8.32 Å². The van der Waals surface area contributed by atoms with Gasteiger partial charge < -0.3 is 30.0 Å². The molecule has 4 heterocycles. The number of aromatic hydroxyl groups is 1. The highest BCUT2D eigenvalue weighted by molar-refractivity contribution is 6.74. The summed E-state index contributed by atoms with van der Waals surface area (Å²) in [5, 5.41) is 15.0. The van der Waals surface area contributed by atoms with E-state index >= 15 is 0 Å². The van der Waals surface area contributed by atoms with Crippen LogP contribution in [0.25, 0.3) is 0 Å². The molecule has 6 rings (SSSR count). The van der Waals surface area contributed by atoms with Crippen molar-refractivity contribution in [3.8, 4) is 11.5 Å². The predicted octanol–water partition coefficient (Wildman–Crippen LogP) is 8.24. The number of amides is 2. The Labute approximate surface area is 311 Å². The Balaban J connectivity index is 0.000000211. The number of halogens is 2. The minimum atomic E-state index is -1.91. The van der Waals surface area contributed by atoms with Gasteiger partial charge in [-0.25, -0.2) is 18.7 Å². The third kappa shape index (κ3) is 11.0. The number of nitrogens with zero attached hydrogens (tertiary/aromatic N) is 4. The van der Waals surface area contributed by atoms with Crippen molar-refractivity contribution in [1.29, 1.82) is 0 Å². The second kappa shape index (κ2) is 17.2. The molecule has 0 saturated carbocycles. The standard InChI is InChI=1S/C23H32FN3O2Si.C17H18FN3O2/c1-23(2,3)30(4,5)29-20-10-11-21(25-16-20)26-22(28)17-12-14-27(15-13-17)19-8-6-18(24)7-9-19;18-13-1-3-14(4-2-13)21-9-7-12(8-10-21)17(23)20-16-6-5-15(22)11-19-16/h6-11,16-17H,12-15H2,1-5H3,(H,25,26,28);1-6,11-12,22H,7-10H2,(H,19,20,23). The van der Waals surface area contributed by atoms with Crippen LogP contribution in [0, 0.1) is 23.5 Å². The fourth-order valence-electron chi connectivity index (χ4n) is 5.98. The van der Waals surface area contributed by atoms with Crippen molar-refractivity contribution in [2.24, 2.45) is 11.8 Å². The molecule has 0 bridgehead atoms. The van der Waals surface area contributed by atoms with Gasteiger partial charge in [0.15, 0.2) is 0 Å². The number of carbonyl (C=O) groups excluding carboxylic acids is 2. The maximum absolute atomic E-state index is 13.1. The molecule has 13 heteroatoms. The SMILES string of the molecule is CC(C)(C)[Si](C)(C)Oc1ccc(NC(=O)C2CCN(c3ccc(F)cc3)CC2)nc1.O=C(Nc1ccc(O)cn1)C1CCN(c2ccc(F)cc2)CC1. The van der Waals surface area contributed by atoms with Gasteiger partial charge in [-0.1, -0.05) is 20.8 Å². The van der Waals surface area contributed by atoms with Crippen LogP contribution in [0.15, 0.2) is 85.2 Å². The summed E-state index contributed by atoms with van der Waals surface area (Å²) in [5.74, 6) is 1.14. The molecule has 2 aromatic carbocycles. The Kier molecular flexibility index (Phi) is 12.7. The van der Waals surface area contributed by atoms with Crippen LogP contribution in [0.4, 0.5) is 31.8 Å². The number of carbonyl (C=O) groups is 2. The van der Waals surface area contributed by atoms with Crippen LogP contribution in [0.5, 0.6) is 11.5 Å². The molecule has 2 aliphatic heterocycles. The summed E-state index contributed by atoms with van der Waals surface area (Å²) < 4.78 is 32.3. The Morgan fingerprint density at radius 1 is 0.698 bits per heavy atom. The number of benzene rings is 2. The van der Waals surface area contributed by atoms with E-state index in [2.05, 4.69) is 64.3 Å². The number of nitrogens with one attached hydrogen (secondary N) is 2. The van der Waals surface area contributed by atoms with E-state index in [-0.39, 0.29) is 46.1 Å². The molecule has 0 atom stereocenters. The summed E-state index contributed by atoms with van der Waals surface area (Å²) in [7, 11) is -1.91. The molecule has 2 aromatic heterocycles. The first-order chi connectivity index (χ1) is 25.2. The number of hydrogen-bond donors (Lipinski definition) is 3. The zero-order chi connectivity index (χ0) is 38.2. The van der Waals surface area contributed by atoms with Gasteiger partial charge in [-0.3, -0.25) is 9.59 Å². The van der Waals surface area contributed by atoms with E-state index in [0.717, 1.165) is 69.0 Å². The quantitative estimate of drug-likeness (QED) is 0.155. The minimum Gasteiger partial charge on any atom is -0.542 e. The zero-order valence-electron chi connectivity index (χ0n) is 31.1. The van der Waals surface area contributed by atoms with Gasteiger partial charge in [-0.2, -0.15) is 0 Å². The first-order valence-electron chi connectivity index (χ1n) is 18.1. The largest absolute Gasteiger partial charge is 0.542 e. The molecule has 282 valence electrons. The van der Waals surface area contributed by atoms with E-state index < -0.39 is 8.32 Å². The van der Waals surface area contributed by atoms with Crippen molar-refractivity contribution in [2.45, 2.75) is 64.6 Å². The van der Waals surface area contributed by atoms with E-state index in [1.807, 2.05) is 6.07 Å². The monoisotopic (exact) mass is 744 g/mol. The fourth-order valence-corrected chi connectivity index (χ4v) is 7.00. The van der Waals surface area contributed by atoms with Crippen LogP contribution in [0.1, 0.15) is 46.5 Å². The molecule has 2 amide bonds. The summed E-state index contributed by atoms with van der Waals surface area (Å²) in [6.45, 7) is 14.0. The number of piperidine rings is 2. The highest BCUT2D eigenvalue weighted by Crippen LogP contribution is 2.37. The first kappa shape index (κ1) is 39.2. The van der Waals surface area contributed by atoms with E-state index in [1.165, 1.54) is 36.5 Å². The molecule has 3 N–H and O–H groups in total. The predicted molar refractivity (Wildman–Crippen MR) is 208 cm³/mol. The van der Waals surface area contributed by atoms with Gasteiger partial charge >= 0.3 is 0 Å². The molecule has 4 aromatic rings. The number of hydrogen-bond acceptors (Lipinski definition) is 8. The van der Waals surface area contributed by atoms with E-state index in [9.17, 15) is 23.5 Å². The molecular formula is C40H50F2N6O4Si. The molecular weight excluding hydrogens is 695 g/mol. The maximum atomic E-state index is 13.1. The van der Waals surface area contributed by atoms with Gasteiger partial charge in [-0.05, 0) is 117 Å². The smallest absolute Gasteiger partial charge is 0.250 e. The Hall–Kier alpha value is -5.04. The highest BCUT2D eigenvalue weighted by Gasteiger charge is 2.39. The lowest BCUT2D eigenvalue weighted by molar-refractivity contribution is -0.121.